The number of halogens is 2. The van der Waals surface area contributed by atoms with Gasteiger partial charge in [-0.3, -0.25) is 5.01 Å². The standard InChI is InChI=1S/C22H19FIN3O/c23-19-7-6-17-10-25-13-21-22(28-14-16-4-2-1-3-5-16)9-20(24)12-27(21)26(15-25)11-18(17)8-19/h1-9,12-13H,10-11,14-15H2. The predicted molar refractivity (Wildman–Crippen MR) is 114 cm³/mol. The lowest BCUT2D eigenvalue weighted by molar-refractivity contribution is -0.0215. The predicted octanol–water partition coefficient (Wildman–Crippen LogP) is 4.86. The maximum atomic E-state index is 13.8. The highest BCUT2D eigenvalue weighted by Crippen LogP contribution is 2.35. The van der Waals surface area contributed by atoms with E-state index in [2.05, 4.69) is 68.1 Å². The minimum atomic E-state index is -0.185. The van der Waals surface area contributed by atoms with Crippen molar-refractivity contribution in [2.24, 2.45) is 0 Å². The Kier molecular flexibility index (Phi) is 4.60. The van der Waals surface area contributed by atoms with Crippen LogP contribution in [0.2, 0.25) is 0 Å². The molecule has 0 N–H and O–H groups in total. The molecule has 0 spiro atoms. The minimum Gasteiger partial charge on any atom is -0.487 e. The minimum absolute atomic E-state index is 0.185. The molecular formula is C22H19FIN3O. The molecule has 1 unspecified atom stereocenters. The van der Waals surface area contributed by atoms with Crippen LogP contribution in [0.5, 0.6) is 0 Å². The molecule has 3 aliphatic heterocycles. The molecule has 142 valence electrons. The third-order valence-electron chi connectivity index (χ3n) is 5.10. The van der Waals surface area contributed by atoms with Gasteiger partial charge in [0.15, 0.2) is 0 Å². The van der Waals surface area contributed by atoms with Crippen LogP contribution in [0.15, 0.2) is 82.0 Å². The van der Waals surface area contributed by atoms with Gasteiger partial charge in [0.25, 0.3) is 0 Å². The second kappa shape index (κ2) is 7.25. The Labute approximate surface area is 177 Å². The van der Waals surface area contributed by atoms with E-state index in [0.29, 0.717) is 13.2 Å². The zero-order valence-corrected chi connectivity index (χ0v) is 17.3. The van der Waals surface area contributed by atoms with Crippen LogP contribution in [0.4, 0.5) is 4.39 Å². The van der Waals surface area contributed by atoms with E-state index in [0.717, 1.165) is 44.9 Å². The van der Waals surface area contributed by atoms with Crippen LogP contribution in [0, 0.1) is 5.82 Å². The van der Waals surface area contributed by atoms with E-state index in [4.69, 9.17) is 4.74 Å². The van der Waals surface area contributed by atoms with Gasteiger partial charge in [-0.15, -0.1) is 0 Å². The Hall–Kier alpha value is -2.32. The van der Waals surface area contributed by atoms with Gasteiger partial charge in [-0.25, -0.2) is 4.39 Å². The second-order valence-corrected chi connectivity index (χ2v) is 8.37. The Morgan fingerprint density at radius 3 is 2.71 bits per heavy atom. The molecule has 2 bridgehead atoms. The molecule has 1 atom stereocenters. The van der Waals surface area contributed by atoms with Crippen molar-refractivity contribution in [3.8, 4) is 0 Å². The lowest BCUT2D eigenvalue weighted by atomic mass is 10.1. The normalized spacial score (nSPS) is 20.4. The first-order valence-corrected chi connectivity index (χ1v) is 10.3. The van der Waals surface area contributed by atoms with Gasteiger partial charge in [0, 0.05) is 29.1 Å². The van der Waals surface area contributed by atoms with Crippen molar-refractivity contribution in [3.63, 3.8) is 0 Å². The number of fused-ring (bicyclic) bond motifs is 5. The van der Waals surface area contributed by atoms with Gasteiger partial charge in [0.05, 0.1) is 6.67 Å². The number of benzene rings is 2. The Morgan fingerprint density at radius 2 is 1.86 bits per heavy atom. The molecule has 0 fully saturated rings. The molecule has 4 nitrogen and oxygen atoms in total. The van der Waals surface area contributed by atoms with Gasteiger partial charge >= 0.3 is 0 Å². The van der Waals surface area contributed by atoms with E-state index in [1.807, 2.05) is 24.3 Å². The smallest absolute Gasteiger partial charge is 0.147 e. The quantitative estimate of drug-likeness (QED) is 0.576. The fraction of sp³-hybridized carbons (Fsp3) is 0.182. The molecule has 0 aromatic heterocycles. The van der Waals surface area contributed by atoms with Crippen molar-refractivity contribution < 1.29 is 9.13 Å². The third kappa shape index (κ3) is 3.42. The van der Waals surface area contributed by atoms with Gasteiger partial charge in [0.2, 0.25) is 0 Å². The van der Waals surface area contributed by atoms with Gasteiger partial charge < -0.3 is 9.64 Å². The van der Waals surface area contributed by atoms with Crippen LogP contribution in [0.1, 0.15) is 16.7 Å². The SMILES string of the molecule is Fc1ccc2c(c1)CN1CN(C=C3C(OCc4ccccc4)=CC(I)=CN31)C2. The molecule has 6 heteroatoms. The molecule has 0 aliphatic carbocycles. The van der Waals surface area contributed by atoms with Crippen LogP contribution in [-0.2, 0) is 24.4 Å². The fourth-order valence-electron chi connectivity index (χ4n) is 3.77. The third-order valence-corrected chi connectivity index (χ3v) is 5.69. The summed E-state index contributed by atoms with van der Waals surface area (Å²) in [5.74, 6) is 0.665. The second-order valence-electron chi connectivity index (χ2n) is 7.12. The Bertz CT molecular complexity index is 1000. The number of ether oxygens (including phenoxy) is 1. The number of hydrazine groups is 1. The van der Waals surface area contributed by atoms with Gasteiger partial charge in [-0.2, -0.15) is 5.01 Å². The summed E-state index contributed by atoms with van der Waals surface area (Å²) in [4.78, 5) is 2.25. The largest absolute Gasteiger partial charge is 0.487 e. The molecule has 0 saturated heterocycles. The fourth-order valence-corrected chi connectivity index (χ4v) is 4.31. The average Bonchev–Trinajstić information content (AvgIpc) is 2.84. The zero-order chi connectivity index (χ0) is 19.1. The maximum Gasteiger partial charge on any atom is 0.147 e. The van der Waals surface area contributed by atoms with E-state index in [1.165, 1.54) is 0 Å². The van der Waals surface area contributed by atoms with E-state index in [1.54, 1.807) is 12.1 Å². The topological polar surface area (TPSA) is 19.0 Å². The molecule has 0 radical (unpaired) electrons. The van der Waals surface area contributed by atoms with Crippen LogP contribution in [0.25, 0.3) is 0 Å². The summed E-state index contributed by atoms with van der Waals surface area (Å²) in [6.45, 7) is 2.70. The lowest BCUT2D eigenvalue weighted by Gasteiger charge is -2.43. The first kappa shape index (κ1) is 17.8. The molecule has 2 aromatic rings. The van der Waals surface area contributed by atoms with Gasteiger partial charge in [-0.1, -0.05) is 36.4 Å². The summed E-state index contributed by atoms with van der Waals surface area (Å²) >= 11 is 2.32. The summed E-state index contributed by atoms with van der Waals surface area (Å²) in [7, 11) is 0. The highest BCUT2D eigenvalue weighted by molar-refractivity contribution is 14.1. The van der Waals surface area contributed by atoms with Crippen LogP contribution in [0.3, 0.4) is 0 Å². The zero-order valence-electron chi connectivity index (χ0n) is 15.2. The highest BCUT2D eigenvalue weighted by Gasteiger charge is 2.32. The van der Waals surface area contributed by atoms with Crippen molar-refractivity contribution in [2.75, 3.05) is 6.67 Å². The van der Waals surface area contributed by atoms with Crippen molar-refractivity contribution in [2.45, 2.75) is 19.7 Å². The van der Waals surface area contributed by atoms with Gasteiger partial charge in [-0.05, 0) is 57.5 Å². The molecule has 2 aromatic carbocycles. The van der Waals surface area contributed by atoms with E-state index in [9.17, 15) is 4.39 Å². The van der Waals surface area contributed by atoms with Crippen LogP contribution < -0.4 is 0 Å². The number of allylic oxidation sites excluding steroid dienone is 2. The van der Waals surface area contributed by atoms with E-state index < -0.39 is 0 Å². The molecule has 3 heterocycles. The van der Waals surface area contributed by atoms with Crippen molar-refractivity contribution in [1.29, 1.82) is 0 Å². The van der Waals surface area contributed by atoms with E-state index in [-0.39, 0.29) is 5.82 Å². The Balaban J connectivity index is 1.45. The monoisotopic (exact) mass is 487 g/mol. The number of rotatable bonds is 3. The maximum absolute atomic E-state index is 13.8. The number of nitrogens with zero attached hydrogens (tertiary/aromatic N) is 3. The van der Waals surface area contributed by atoms with Crippen molar-refractivity contribution in [1.82, 2.24) is 14.9 Å². The number of hydrogen-bond donors (Lipinski definition) is 0. The molecule has 5 rings (SSSR count). The first-order chi connectivity index (χ1) is 13.7. The summed E-state index contributed by atoms with van der Waals surface area (Å²) in [6.07, 6.45) is 6.31. The summed E-state index contributed by atoms with van der Waals surface area (Å²) in [5.41, 5.74) is 4.34. The highest BCUT2D eigenvalue weighted by atomic mass is 127. The van der Waals surface area contributed by atoms with Crippen molar-refractivity contribution >= 4 is 22.6 Å². The average molecular weight is 487 g/mol. The molecule has 28 heavy (non-hydrogen) atoms. The first-order valence-electron chi connectivity index (χ1n) is 9.19. The number of hydrogen-bond acceptors (Lipinski definition) is 4. The molecule has 0 amide bonds. The molecular weight excluding hydrogens is 468 g/mol. The summed E-state index contributed by atoms with van der Waals surface area (Å²) < 4.78 is 21.1. The van der Waals surface area contributed by atoms with Gasteiger partial charge in [0.1, 0.15) is 23.9 Å². The molecule has 0 saturated carbocycles. The van der Waals surface area contributed by atoms with Crippen molar-refractivity contribution in [3.05, 3.63) is 105 Å². The summed E-state index contributed by atoms with van der Waals surface area (Å²) in [5, 5.41) is 4.36. The summed E-state index contributed by atoms with van der Waals surface area (Å²) in [6, 6.07) is 15.3. The van der Waals surface area contributed by atoms with Crippen LogP contribution >= 0.6 is 22.6 Å². The van der Waals surface area contributed by atoms with E-state index >= 15 is 0 Å². The van der Waals surface area contributed by atoms with Crippen LogP contribution in [-0.4, -0.2) is 21.6 Å². The molecule has 3 aliphatic rings. The lowest BCUT2D eigenvalue weighted by Crippen LogP contribution is -2.47. The Morgan fingerprint density at radius 1 is 1.00 bits per heavy atom.